The van der Waals surface area contributed by atoms with E-state index in [1.54, 1.807) is 13.8 Å². The Morgan fingerprint density at radius 2 is 1.90 bits per heavy atom. The van der Waals surface area contributed by atoms with Gasteiger partial charge in [0.2, 0.25) is 5.91 Å². The number of carbonyl (C=O) groups excluding carboxylic acids is 2. The summed E-state index contributed by atoms with van der Waals surface area (Å²) >= 11 is 0. The van der Waals surface area contributed by atoms with Crippen LogP contribution in [0.3, 0.4) is 0 Å². The second kappa shape index (κ2) is 5.67. The maximum atomic E-state index is 12.0. The van der Waals surface area contributed by atoms with Gasteiger partial charge in [-0.25, -0.2) is 0 Å². The molecule has 114 valence electrons. The summed E-state index contributed by atoms with van der Waals surface area (Å²) in [4.78, 5) is 22.6. The molecule has 2 N–H and O–H groups in total. The first-order valence-electron chi connectivity index (χ1n) is 6.69. The van der Waals surface area contributed by atoms with Crippen LogP contribution in [0.15, 0.2) is 0 Å². The molecule has 2 saturated heterocycles. The Morgan fingerprint density at radius 1 is 1.25 bits per heavy atom. The van der Waals surface area contributed by atoms with Crippen LogP contribution in [0, 0.1) is 5.41 Å². The lowest BCUT2D eigenvalue weighted by atomic mass is 9.85. The highest BCUT2D eigenvalue weighted by molar-refractivity contribution is 5.78. The molecule has 0 unspecified atom stereocenters. The van der Waals surface area contributed by atoms with Crippen LogP contribution in [0.4, 0.5) is 0 Å². The predicted octanol–water partition coefficient (Wildman–Crippen LogP) is -1.81. The van der Waals surface area contributed by atoms with Crippen molar-refractivity contribution < 1.29 is 29.3 Å². The minimum Gasteiger partial charge on any atom is -0.550 e. The number of nitrogens with one attached hydrogen (secondary N) is 1. The molecule has 4 atom stereocenters. The first-order valence-corrected chi connectivity index (χ1v) is 6.69. The fraction of sp³-hybridized carbons (Fsp3) is 0.846. The molecule has 7 nitrogen and oxygen atoms in total. The molecule has 0 saturated carbocycles. The number of rotatable bonds is 5. The van der Waals surface area contributed by atoms with Crippen molar-refractivity contribution in [2.75, 3.05) is 13.2 Å². The van der Waals surface area contributed by atoms with E-state index in [0.29, 0.717) is 6.61 Å². The maximum absolute atomic E-state index is 12.0. The highest BCUT2D eigenvalue weighted by atomic mass is 16.6. The van der Waals surface area contributed by atoms with Crippen LogP contribution < -0.4 is 10.4 Å². The van der Waals surface area contributed by atoms with E-state index >= 15 is 0 Å². The summed E-state index contributed by atoms with van der Waals surface area (Å²) in [6.07, 6.45) is -1.48. The third-order valence-electron chi connectivity index (χ3n) is 3.64. The largest absolute Gasteiger partial charge is 0.550 e. The topological polar surface area (TPSA) is 108 Å². The van der Waals surface area contributed by atoms with Crippen molar-refractivity contribution in [1.82, 2.24) is 5.32 Å². The van der Waals surface area contributed by atoms with Crippen molar-refractivity contribution in [3.63, 3.8) is 0 Å². The predicted molar refractivity (Wildman–Crippen MR) is 65.4 cm³/mol. The van der Waals surface area contributed by atoms with Crippen LogP contribution in [0.2, 0.25) is 0 Å². The number of amides is 1. The Bertz CT molecular complexity index is 396. The monoisotopic (exact) mass is 286 g/mol. The zero-order valence-electron chi connectivity index (χ0n) is 11.6. The summed E-state index contributed by atoms with van der Waals surface area (Å²) in [5, 5.41) is 23.0. The Kier molecular flexibility index (Phi) is 4.31. The number of carboxylic acids is 1. The number of carboxylic acid groups (broad SMARTS) is 1. The molecule has 2 heterocycles. The summed E-state index contributed by atoms with van der Waals surface area (Å²) in [5.74, 6) is -1.43. The van der Waals surface area contributed by atoms with Crippen molar-refractivity contribution in [3.05, 3.63) is 0 Å². The summed E-state index contributed by atoms with van der Waals surface area (Å²) in [6, 6.07) is -0.302. The van der Waals surface area contributed by atoms with Crippen molar-refractivity contribution in [2.45, 2.75) is 51.0 Å². The van der Waals surface area contributed by atoms with Gasteiger partial charge in [-0.3, -0.25) is 4.79 Å². The van der Waals surface area contributed by atoms with Gasteiger partial charge in [-0.1, -0.05) is 13.8 Å². The molecule has 2 aliphatic heterocycles. The molecule has 0 radical (unpaired) electrons. The molecule has 0 spiro atoms. The van der Waals surface area contributed by atoms with Gasteiger partial charge in [0.25, 0.3) is 0 Å². The Morgan fingerprint density at radius 3 is 2.55 bits per heavy atom. The van der Waals surface area contributed by atoms with E-state index in [1.165, 1.54) is 0 Å². The highest BCUT2D eigenvalue weighted by Gasteiger charge is 2.47. The quantitative estimate of drug-likeness (QED) is 0.616. The van der Waals surface area contributed by atoms with Gasteiger partial charge in [0.1, 0.15) is 18.3 Å². The lowest BCUT2D eigenvalue weighted by Crippen LogP contribution is -2.45. The number of aliphatic carboxylic acids is 1. The van der Waals surface area contributed by atoms with Crippen LogP contribution in [0.1, 0.15) is 26.7 Å². The van der Waals surface area contributed by atoms with Gasteiger partial charge in [0, 0.05) is 12.4 Å². The van der Waals surface area contributed by atoms with Gasteiger partial charge < -0.3 is 29.8 Å². The van der Waals surface area contributed by atoms with E-state index in [-0.39, 0.29) is 37.5 Å². The second-order valence-corrected chi connectivity index (χ2v) is 6.23. The second-order valence-electron chi connectivity index (χ2n) is 6.23. The SMILES string of the molecule is CC(C)(CC(=O)[O-])CC(=O)N[C@H]1CO[C@H]2[C@@H]1OC[C@H]2O. The highest BCUT2D eigenvalue weighted by Crippen LogP contribution is 2.28. The van der Waals surface area contributed by atoms with Gasteiger partial charge in [0.15, 0.2) is 0 Å². The molecule has 0 aromatic rings. The lowest BCUT2D eigenvalue weighted by molar-refractivity contribution is -0.307. The fourth-order valence-corrected chi connectivity index (χ4v) is 2.75. The molecule has 1 amide bonds. The Labute approximate surface area is 117 Å². The lowest BCUT2D eigenvalue weighted by Gasteiger charge is -2.26. The molecular formula is C13H20NO6-. The molecule has 2 rings (SSSR count). The van der Waals surface area contributed by atoms with Crippen LogP contribution >= 0.6 is 0 Å². The Balaban J connectivity index is 1.85. The van der Waals surface area contributed by atoms with Crippen molar-refractivity contribution >= 4 is 11.9 Å². The van der Waals surface area contributed by atoms with Crippen LogP contribution in [-0.2, 0) is 19.1 Å². The molecule has 20 heavy (non-hydrogen) atoms. The maximum Gasteiger partial charge on any atom is 0.220 e. The molecule has 7 heteroatoms. The van der Waals surface area contributed by atoms with Crippen LogP contribution in [0.25, 0.3) is 0 Å². The molecule has 0 aliphatic carbocycles. The van der Waals surface area contributed by atoms with Gasteiger partial charge in [-0.05, 0) is 11.8 Å². The Hall–Kier alpha value is -1.18. The zero-order valence-corrected chi connectivity index (χ0v) is 11.6. The fourth-order valence-electron chi connectivity index (χ4n) is 2.75. The van der Waals surface area contributed by atoms with E-state index < -0.39 is 23.6 Å². The van der Waals surface area contributed by atoms with Crippen molar-refractivity contribution in [3.8, 4) is 0 Å². The van der Waals surface area contributed by atoms with E-state index in [4.69, 9.17) is 9.47 Å². The smallest absolute Gasteiger partial charge is 0.220 e. The summed E-state index contributed by atoms with van der Waals surface area (Å²) in [6.45, 7) is 3.90. The first kappa shape index (κ1) is 15.2. The van der Waals surface area contributed by atoms with E-state index in [0.717, 1.165) is 0 Å². The number of aliphatic hydroxyl groups excluding tert-OH is 1. The first-order chi connectivity index (χ1) is 9.28. The van der Waals surface area contributed by atoms with E-state index in [1.807, 2.05) is 0 Å². The number of fused-ring (bicyclic) bond motifs is 1. The molecular weight excluding hydrogens is 266 g/mol. The molecule has 0 bridgehead atoms. The van der Waals surface area contributed by atoms with E-state index in [2.05, 4.69) is 5.32 Å². The van der Waals surface area contributed by atoms with Crippen LogP contribution in [0.5, 0.6) is 0 Å². The minimum atomic E-state index is -1.17. The van der Waals surface area contributed by atoms with Crippen LogP contribution in [-0.4, -0.2) is 54.6 Å². The molecule has 2 fully saturated rings. The van der Waals surface area contributed by atoms with Gasteiger partial charge >= 0.3 is 0 Å². The summed E-state index contributed by atoms with van der Waals surface area (Å²) < 4.78 is 10.8. The standard InChI is InChI=1S/C13H21NO6/c1-13(2,4-10(17)18)3-9(16)14-7-5-19-12-8(15)6-20-11(7)12/h7-8,11-12,15H,3-6H2,1-2H3,(H,14,16)(H,17,18)/p-1/t7-,8+,11+,12+/m0/s1. The van der Waals surface area contributed by atoms with Gasteiger partial charge in [-0.15, -0.1) is 0 Å². The number of carbonyl (C=O) groups is 2. The summed E-state index contributed by atoms with van der Waals surface area (Å²) in [7, 11) is 0. The molecule has 2 aliphatic rings. The zero-order chi connectivity index (χ0) is 14.9. The molecule has 0 aromatic carbocycles. The summed E-state index contributed by atoms with van der Waals surface area (Å²) in [5.41, 5.74) is -0.669. The number of aliphatic hydroxyl groups is 1. The van der Waals surface area contributed by atoms with E-state index in [9.17, 15) is 19.8 Å². The number of hydrogen-bond donors (Lipinski definition) is 2. The minimum absolute atomic E-state index is 0.0808. The van der Waals surface area contributed by atoms with Crippen molar-refractivity contribution in [1.29, 1.82) is 0 Å². The molecule has 0 aromatic heterocycles. The average molecular weight is 286 g/mol. The third kappa shape index (κ3) is 3.47. The van der Waals surface area contributed by atoms with Gasteiger partial charge in [-0.2, -0.15) is 0 Å². The van der Waals surface area contributed by atoms with Crippen molar-refractivity contribution in [2.24, 2.45) is 5.41 Å². The number of hydrogen-bond acceptors (Lipinski definition) is 6. The normalized spacial score (nSPS) is 33.0. The number of ether oxygens (including phenoxy) is 2. The average Bonchev–Trinajstić information content (AvgIpc) is 2.81. The van der Waals surface area contributed by atoms with Gasteiger partial charge in [0.05, 0.1) is 19.3 Å². The third-order valence-corrected chi connectivity index (χ3v) is 3.64.